The molecule has 4 rings (SSSR count). The number of nitrogens with one attached hydrogen (secondary N) is 1. The highest BCUT2D eigenvalue weighted by atomic mass is 16.5. The molecule has 5 heteroatoms. The van der Waals surface area contributed by atoms with Crippen LogP contribution >= 0.6 is 0 Å². The van der Waals surface area contributed by atoms with E-state index in [1.54, 1.807) is 0 Å². The molecular formula is C20H21N3O2. The maximum atomic E-state index is 12.5. The van der Waals surface area contributed by atoms with Crippen LogP contribution in [0, 0.1) is 13.8 Å². The number of carbonyl (C=O) groups is 1. The Kier molecular flexibility index (Phi) is 4.01. The van der Waals surface area contributed by atoms with Gasteiger partial charge in [0.1, 0.15) is 12.4 Å². The van der Waals surface area contributed by atoms with Gasteiger partial charge in [-0.3, -0.25) is 4.79 Å². The molecule has 1 aliphatic rings. The lowest BCUT2D eigenvalue weighted by molar-refractivity contribution is 0.0830. The van der Waals surface area contributed by atoms with Crippen LogP contribution in [0.2, 0.25) is 0 Å². The molecule has 1 N–H and O–H groups in total. The Morgan fingerprint density at radius 3 is 3.00 bits per heavy atom. The summed E-state index contributed by atoms with van der Waals surface area (Å²) in [7, 11) is 0. The van der Waals surface area contributed by atoms with Crippen LogP contribution in [0.5, 0.6) is 0 Å². The van der Waals surface area contributed by atoms with Crippen molar-refractivity contribution in [2.24, 2.45) is 0 Å². The molecule has 0 unspecified atom stereocenters. The molecule has 1 amide bonds. The van der Waals surface area contributed by atoms with Gasteiger partial charge < -0.3 is 14.6 Å². The molecule has 128 valence electrons. The molecule has 0 aliphatic carbocycles. The minimum atomic E-state index is -0.0787. The van der Waals surface area contributed by atoms with Crippen LogP contribution in [0.25, 0.3) is 11.0 Å². The summed E-state index contributed by atoms with van der Waals surface area (Å²) in [6.07, 6.45) is 0. The molecule has 1 aliphatic heterocycles. The van der Waals surface area contributed by atoms with Gasteiger partial charge in [0, 0.05) is 18.7 Å². The van der Waals surface area contributed by atoms with Crippen LogP contribution in [-0.2, 0) is 24.4 Å². The lowest BCUT2D eigenvalue weighted by atomic mass is 10.1. The van der Waals surface area contributed by atoms with Crippen molar-refractivity contribution in [1.29, 1.82) is 0 Å². The number of benzene rings is 2. The van der Waals surface area contributed by atoms with Crippen LogP contribution in [0.4, 0.5) is 0 Å². The van der Waals surface area contributed by atoms with E-state index in [2.05, 4.69) is 46.9 Å². The average Bonchev–Trinajstić information content (AvgIpc) is 3.00. The summed E-state index contributed by atoms with van der Waals surface area (Å²) >= 11 is 0. The molecule has 2 aromatic carbocycles. The van der Waals surface area contributed by atoms with Crippen molar-refractivity contribution in [3.63, 3.8) is 0 Å². The molecule has 0 fully saturated rings. The Balaban J connectivity index is 1.55. The fourth-order valence-corrected chi connectivity index (χ4v) is 3.27. The molecule has 2 heterocycles. The zero-order valence-corrected chi connectivity index (χ0v) is 14.5. The molecule has 3 aromatic rings. The van der Waals surface area contributed by atoms with Crippen molar-refractivity contribution in [2.75, 3.05) is 6.61 Å². The molecular weight excluding hydrogens is 314 g/mol. The van der Waals surface area contributed by atoms with Gasteiger partial charge in [-0.1, -0.05) is 23.8 Å². The number of aromatic nitrogens is 2. The topological polar surface area (TPSA) is 56.2 Å². The number of ether oxygens (including phenoxy) is 1. The van der Waals surface area contributed by atoms with Gasteiger partial charge in [0.05, 0.1) is 17.6 Å². The zero-order chi connectivity index (χ0) is 17.4. The van der Waals surface area contributed by atoms with Gasteiger partial charge in [-0.25, -0.2) is 4.98 Å². The van der Waals surface area contributed by atoms with E-state index in [0.717, 1.165) is 29.0 Å². The summed E-state index contributed by atoms with van der Waals surface area (Å²) in [5, 5.41) is 3.01. The number of nitrogens with zero attached hydrogens (tertiary/aromatic N) is 2. The van der Waals surface area contributed by atoms with Crippen molar-refractivity contribution in [2.45, 2.75) is 33.5 Å². The normalized spacial score (nSPS) is 13.7. The van der Waals surface area contributed by atoms with Gasteiger partial charge >= 0.3 is 0 Å². The van der Waals surface area contributed by atoms with E-state index in [1.165, 1.54) is 11.1 Å². The second-order valence-corrected chi connectivity index (χ2v) is 6.55. The summed E-state index contributed by atoms with van der Waals surface area (Å²) in [5.74, 6) is 0.847. The lowest BCUT2D eigenvalue weighted by Crippen LogP contribution is -2.23. The van der Waals surface area contributed by atoms with Crippen LogP contribution < -0.4 is 5.32 Å². The number of fused-ring (bicyclic) bond motifs is 3. The van der Waals surface area contributed by atoms with Crippen LogP contribution in [0.1, 0.15) is 32.9 Å². The molecule has 0 saturated heterocycles. The van der Waals surface area contributed by atoms with E-state index in [1.807, 2.05) is 18.2 Å². The third-order valence-electron chi connectivity index (χ3n) is 4.72. The van der Waals surface area contributed by atoms with Crippen LogP contribution in [-0.4, -0.2) is 22.1 Å². The zero-order valence-electron chi connectivity index (χ0n) is 14.5. The van der Waals surface area contributed by atoms with E-state index in [-0.39, 0.29) is 5.91 Å². The van der Waals surface area contributed by atoms with Crippen LogP contribution in [0.3, 0.4) is 0 Å². The SMILES string of the molecule is Cc1ccc(C)c(CNC(=O)c2ccc3c(c2)nc2n3CCOC2)c1. The quantitative estimate of drug-likeness (QED) is 0.800. The number of imidazole rings is 1. The number of amides is 1. The molecule has 5 nitrogen and oxygen atoms in total. The number of aryl methyl sites for hydroxylation is 2. The summed E-state index contributed by atoms with van der Waals surface area (Å²) in [6.45, 7) is 6.69. The molecule has 0 spiro atoms. The lowest BCUT2D eigenvalue weighted by Gasteiger charge is -2.14. The highest BCUT2D eigenvalue weighted by molar-refractivity contribution is 5.97. The first-order valence-corrected chi connectivity index (χ1v) is 8.53. The predicted molar refractivity (Wildman–Crippen MR) is 96.5 cm³/mol. The van der Waals surface area contributed by atoms with E-state index in [9.17, 15) is 4.79 Å². The second kappa shape index (κ2) is 6.33. The Labute approximate surface area is 146 Å². The predicted octanol–water partition coefficient (Wildman–Crippen LogP) is 3.11. The standard InChI is InChI=1S/C20H21N3O2/c1-13-3-4-14(2)16(9-13)11-21-20(24)15-5-6-18-17(10-15)22-19-12-25-8-7-23(18)19/h3-6,9-10H,7-8,11-12H2,1-2H3,(H,21,24). The minimum absolute atomic E-state index is 0.0787. The summed E-state index contributed by atoms with van der Waals surface area (Å²) in [4.78, 5) is 17.1. The van der Waals surface area contributed by atoms with Crippen molar-refractivity contribution in [1.82, 2.24) is 14.9 Å². The summed E-state index contributed by atoms with van der Waals surface area (Å²) < 4.78 is 7.61. The number of carbonyl (C=O) groups excluding carboxylic acids is 1. The molecule has 1 aromatic heterocycles. The summed E-state index contributed by atoms with van der Waals surface area (Å²) in [5.41, 5.74) is 6.06. The third-order valence-corrected chi connectivity index (χ3v) is 4.72. The smallest absolute Gasteiger partial charge is 0.251 e. The minimum Gasteiger partial charge on any atom is -0.372 e. The van der Waals surface area contributed by atoms with E-state index in [4.69, 9.17) is 4.74 Å². The van der Waals surface area contributed by atoms with E-state index >= 15 is 0 Å². The fraction of sp³-hybridized carbons (Fsp3) is 0.300. The molecule has 0 saturated carbocycles. The highest BCUT2D eigenvalue weighted by Gasteiger charge is 2.16. The van der Waals surface area contributed by atoms with Crippen LogP contribution in [0.15, 0.2) is 36.4 Å². The Morgan fingerprint density at radius 1 is 1.24 bits per heavy atom. The molecule has 0 radical (unpaired) electrons. The van der Waals surface area contributed by atoms with Crippen molar-refractivity contribution in [3.05, 3.63) is 64.5 Å². The monoisotopic (exact) mass is 335 g/mol. The summed E-state index contributed by atoms with van der Waals surface area (Å²) in [6, 6.07) is 12.0. The third kappa shape index (κ3) is 3.03. The Hall–Kier alpha value is -2.66. The van der Waals surface area contributed by atoms with Gasteiger partial charge in [0.25, 0.3) is 5.91 Å². The number of rotatable bonds is 3. The van der Waals surface area contributed by atoms with Gasteiger partial charge in [-0.05, 0) is 43.2 Å². The van der Waals surface area contributed by atoms with Gasteiger partial charge in [0.2, 0.25) is 0 Å². The molecule has 0 atom stereocenters. The number of hydrogen-bond acceptors (Lipinski definition) is 3. The first-order chi connectivity index (χ1) is 12.1. The average molecular weight is 335 g/mol. The first-order valence-electron chi connectivity index (χ1n) is 8.53. The fourth-order valence-electron chi connectivity index (χ4n) is 3.27. The van der Waals surface area contributed by atoms with Gasteiger partial charge in [0.15, 0.2) is 0 Å². The second-order valence-electron chi connectivity index (χ2n) is 6.55. The molecule has 25 heavy (non-hydrogen) atoms. The molecule has 0 bridgehead atoms. The van der Waals surface area contributed by atoms with Crippen molar-refractivity contribution >= 4 is 16.9 Å². The van der Waals surface area contributed by atoms with Gasteiger partial charge in [-0.15, -0.1) is 0 Å². The largest absolute Gasteiger partial charge is 0.372 e. The number of hydrogen-bond donors (Lipinski definition) is 1. The van der Waals surface area contributed by atoms with Crippen molar-refractivity contribution in [3.8, 4) is 0 Å². The van der Waals surface area contributed by atoms with Gasteiger partial charge in [-0.2, -0.15) is 0 Å². The van der Waals surface area contributed by atoms with E-state index < -0.39 is 0 Å². The van der Waals surface area contributed by atoms with E-state index in [0.29, 0.717) is 25.3 Å². The maximum Gasteiger partial charge on any atom is 0.251 e. The first kappa shape index (κ1) is 15.8. The highest BCUT2D eigenvalue weighted by Crippen LogP contribution is 2.21. The Morgan fingerprint density at radius 2 is 2.12 bits per heavy atom. The van der Waals surface area contributed by atoms with Crippen molar-refractivity contribution < 1.29 is 9.53 Å². The maximum absolute atomic E-state index is 12.5. The Bertz CT molecular complexity index is 959.